The van der Waals surface area contributed by atoms with Crippen LogP contribution in [-0.4, -0.2) is 34.4 Å². The second-order valence-electron chi connectivity index (χ2n) is 7.85. The maximum atomic E-state index is 13.1. The molecule has 0 unspecified atom stereocenters. The number of nitrogens with one attached hydrogen (secondary N) is 1. The molecule has 0 bridgehead atoms. The van der Waals surface area contributed by atoms with Gasteiger partial charge >= 0.3 is 0 Å². The van der Waals surface area contributed by atoms with Crippen molar-refractivity contribution in [2.24, 2.45) is 0 Å². The summed E-state index contributed by atoms with van der Waals surface area (Å²) < 4.78 is 37.0. The van der Waals surface area contributed by atoms with Crippen LogP contribution in [0.5, 0.6) is 0 Å². The Morgan fingerprint density at radius 2 is 1.89 bits per heavy atom. The molecule has 27 heavy (non-hydrogen) atoms. The molecule has 1 heterocycles. The molecule has 0 saturated carbocycles. The molecule has 1 aliphatic rings. The highest BCUT2D eigenvalue weighted by molar-refractivity contribution is 7.87. The van der Waals surface area contributed by atoms with Gasteiger partial charge in [0.15, 0.2) is 0 Å². The lowest BCUT2D eigenvalue weighted by Gasteiger charge is -2.26. The van der Waals surface area contributed by atoms with Crippen LogP contribution in [0.15, 0.2) is 47.4 Å². The zero-order chi connectivity index (χ0) is 19.7. The minimum Gasteiger partial charge on any atom is -0.360 e. The second-order valence-corrected chi connectivity index (χ2v) is 9.44. The molecule has 0 aliphatic carbocycles. The predicted molar refractivity (Wildman–Crippen MR) is 106 cm³/mol. The van der Waals surface area contributed by atoms with Crippen LogP contribution in [0.3, 0.4) is 0 Å². The van der Waals surface area contributed by atoms with Gasteiger partial charge in [0.2, 0.25) is 0 Å². The van der Waals surface area contributed by atoms with E-state index in [-0.39, 0.29) is 16.9 Å². The molecule has 1 atom stereocenters. The highest BCUT2D eigenvalue weighted by atomic mass is 32.2. The van der Waals surface area contributed by atoms with Crippen molar-refractivity contribution in [3.63, 3.8) is 0 Å². The molecule has 146 valence electrons. The first-order valence-electron chi connectivity index (χ1n) is 9.13. The van der Waals surface area contributed by atoms with Crippen LogP contribution < -0.4 is 5.32 Å². The molecule has 1 saturated heterocycles. The van der Waals surface area contributed by atoms with Crippen molar-refractivity contribution < 1.29 is 17.3 Å². The summed E-state index contributed by atoms with van der Waals surface area (Å²) in [6, 6.07) is 13.4. The minimum atomic E-state index is -3.95. The van der Waals surface area contributed by atoms with Gasteiger partial charge in [0.25, 0.3) is 10.1 Å². The lowest BCUT2D eigenvalue weighted by Crippen LogP contribution is -2.29. The first-order valence-corrected chi connectivity index (χ1v) is 10.5. The van der Waals surface area contributed by atoms with Crippen LogP contribution in [-0.2, 0) is 24.5 Å². The minimum absolute atomic E-state index is 0.0463. The second kappa shape index (κ2) is 7.72. The van der Waals surface area contributed by atoms with E-state index in [4.69, 9.17) is 8.92 Å². The van der Waals surface area contributed by atoms with Crippen molar-refractivity contribution in [3.8, 4) is 11.1 Å². The van der Waals surface area contributed by atoms with Gasteiger partial charge in [-0.1, -0.05) is 57.2 Å². The molecule has 0 spiro atoms. The van der Waals surface area contributed by atoms with E-state index in [9.17, 15) is 8.42 Å². The van der Waals surface area contributed by atoms with Gasteiger partial charge < -0.3 is 4.74 Å². The van der Waals surface area contributed by atoms with Gasteiger partial charge in [-0.2, -0.15) is 8.42 Å². The third-order valence-electron chi connectivity index (χ3n) is 4.55. The molecule has 5 nitrogen and oxygen atoms in total. The Bertz CT molecular complexity index is 896. The molecule has 0 amide bonds. The largest absolute Gasteiger partial charge is 0.360 e. The van der Waals surface area contributed by atoms with Crippen LogP contribution in [0.25, 0.3) is 11.1 Å². The number of benzene rings is 2. The summed E-state index contributed by atoms with van der Waals surface area (Å²) in [5.74, 6) is 0. The van der Waals surface area contributed by atoms with Crippen molar-refractivity contribution in [1.82, 2.24) is 5.32 Å². The lowest BCUT2D eigenvalue weighted by atomic mass is 9.81. The molecule has 0 aromatic heterocycles. The average molecular weight is 390 g/mol. The van der Waals surface area contributed by atoms with Crippen molar-refractivity contribution in [2.75, 3.05) is 19.8 Å². The average Bonchev–Trinajstić information content (AvgIpc) is 3.13. The van der Waals surface area contributed by atoms with Gasteiger partial charge in [-0.3, -0.25) is 9.50 Å². The summed E-state index contributed by atoms with van der Waals surface area (Å²) in [6.07, 6.45) is -0.396. The number of hydrogen-bond acceptors (Lipinski definition) is 5. The van der Waals surface area contributed by atoms with Crippen LogP contribution in [0.4, 0.5) is 0 Å². The Hall–Kier alpha value is -1.73. The topological polar surface area (TPSA) is 64.6 Å². The quantitative estimate of drug-likeness (QED) is 0.792. The highest BCUT2D eigenvalue weighted by Gasteiger charge is 2.29. The van der Waals surface area contributed by atoms with Gasteiger partial charge in [0, 0.05) is 12.1 Å². The van der Waals surface area contributed by atoms with E-state index in [1.54, 1.807) is 6.07 Å². The molecule has 1 fully saturated rings. The van der Waals surface area contributed by atoms with Crippen molar-refractivity contribution >= 4 is 10.1 Å². The Kier molecular flexibility index (Phi) is 5.72. The summed E-state index contributed by atoms with van der Waals surface area (Å²) in [5.41, 5.74) is 3.20. The normalized spacial score (nSPS) is 18.0. The Morgan fingerprint density at radius 3 is 2.48 bits per heavy atom. The molecular formula is C21H27NO4S. The number of ether oxygens (including phenoxy) is 1. The third-order valence-corrected chi connectivity index (χ3v) is 5.86. The van der Waals surface area contributed by atoms with E-state index >= 15 is 0 Å². The fourth-order valence-electron chi connectivity index (χ4n) is 3.25. The summed E-state index contributed by atoms with van der Waals surface area (Å²) in [6.45, 7) is 9.37. The third kappa shape index (κ3) is 4.58. The standard InChI is InChI=1S/C21H27NO4S/c1-15-12-17(21(2,3)4)20(16-8-6-5-7-9-16)18(13-15)27(23,24)26-14-19-22-10-11-25-19/h5-9,12-13,19,22H,10-11,14H2,1-4H3/t19-/m0/s1. The van der Waals surface area contributed by atoms with Gasteiger partial charge in [-0.25, -0.2) is 0 Å². The maximum Gasteiger partial charge on any atom is 0.297 e. The highest BCUT2D eigenvalue weighted by Crippen LogP contribution is 2.39. The summed E-state index contributed by atoms with van der Waals surface area (Å²) in [7, 11) is -3.95. The molecule has 6 heteroatoms. The van der Waals surface area contributed by atoms with Crippen LogP contribution in [0.1, 0.15) is 31.9 Å². The first kappa shape index (κ1) is 20.0. The Labute approximate surface area is 161 Å². The maximum absolute atomic E-state index is 13.1. The fraction of sp³-hybridized carbons (Fsp3) is 0.429. The van der Waals surface area contributed by atoms with Crippen molar-refractivity contribution in [2.45, 2.75) is 44.2 Å². The molecule has 2 aromatic carbocycles. The van der Waals surface area contributed by atoms with Crippen molar-refractivity contribution in [3.05, 3.63) is 53.6 Å². The number of rotatable bonds is 5. The van der Waals surface area contributed by atoms with E-state index < -0.39 is 16.3 Å². The SMILES string of the molecule is Cc1cc(C(C)(C)C)c(-c2ccccc2)c(S(=O)(=O)OC[C@H]2NCCO2)c1. The van der Waals surface area contributed by atoms with Gasteiger partial charge in [0.05, 0.1) is 6.61 Å². The van der Waals surface area contributed by atoms with E-state index in [1.165, 1.54) is 0 Å². The van der Waals surface area contributed by atoms with E-state index in [0.717, 1.165) is 16.7 Å². The lowest BCUT2D eigenvalue weighted by molar-refractivity contribution is 0.0603. The smallest absolute Gasteiger partial charge is 0.297 e. The molecular weight excluding hydrogens is 362 g/mol. The predicted octanol–water partition coefficient (Wildman–Crippen LogP) is 3.61. The number of aryl methyl sites for hydroxylation is 1. The summed E-state index contributed by atoms with van der Waals surface area (Å²) >= 11 is 0. The van der Waals surface area contributed by atoms with E-state index in [0.29, 0.717) is 18.7 Å². The fourth-order valence-corrected chi connectivity index (χ4v) is 4.48. The summed E-state index contributed by atoms with van der Waals surface area (Å²) in [4.78, 5) is 0.205. The zero-order valence-corrected chi connectivity index (χ0v) is 17.1. The van der Waals surface area contributed by atoms with Crippen LogP contribution in [0, 0.1) is 6.92 Å². The molecule has 2 aromatic rings. The van der Waals surface area contributed by atoms with Gasteiger partial charge in [0.1, 0.15) is 17.7 Å². The monoisotopic (exact) mass is 389 g/mol. The van der Waals surface area contributed by atoms with E-state index in [2.05, 4.69) is 32.2 Å². The Morgan fingerprint density at radius 1 is 1.19 bits per heavy atom. The molecule has 0 radical (unpaired) electrons. The zero-order valence-electron chi connectivity index (χ0n) is 16.3. The summed E-state index contributed by atoms with van der Waals surface area (Å²) in [5, 5.41) is 3.06. The van der Waals surface area contributed by atoms with E-state index in [1.807, 2.05) is 37.3 Å². The Balaban J connectivity index is 2.12. The van der Waals surface area contributed by atoms with Crippen LogP contribution >= 0.6 is 0 Å². The van der Waals surface area contributed by atoms with Gasteiger partial charge in [-0.15, -0.1) is 0 Å². The molecule has 3 rings (SSSR count). The number of hydrogen-bond donors (Lipinski definition) is 1. The van der Waals surface area contributed by atoms with Gasteiger partial charge in [-0.05, 0) is 35.1 Å². The molecule has 1 aliphatic heterocycles. The molecule has 1 N–H and O–H groups in total. The first-order chi connectivity index (χ1) is 12.7. The van der Waals surface area contributed by atoms with Crippen molar-refractivity contribution in [1.29, 1.82) is 0 Å². The van der Waals surface area contributed by atoms with Crippen LogP contribution in [0.2, 0.25) is 0 Å².